The summed E-state index contributed by atoms with van der Waals surface area (Å²) in [6.07, 6.45) is 11.4. The Morgan fingerprint density at radius 3 is 1.31 bits per heavy atom. The number of nitrogens with one attached hydrogen (secondary N) is 2. The van der Waals surface area contributed by atoms with E-state index in [1.165, 1.54) is 12.2 Å². The molecular formula is C37H54N2O6. The Bertz CT molecular complexity index is 1140. The van der Waals surface area contributed by atoms with E-state index < -0.39 is 30.1 Å². The molecule has 8 nitrogen and oxygen atoms in total. The Morgan fingerprint density at radius 2 is 1.02 bits per heavy atom. The maximum atomic E-state index is 12.6. The molecule has 248 valence electrons. The zero-order chi connectivity index (χ0) is 33.2. The second-order valence-electron chi connectivity index (χ2n) is 12.0. The molecule has 0 radical (unpaired) electrons. The maximum Gasteiger partial charge on any atom is 0.251 e. The normalized spacial score (nSPS) is 13.7. The average molecular weight is 623 g/mol. The first-order valence-corrected chi connectivity index (χ1v) is 16.5. The van der Waals surface area contributed by atoms with E-state index in [4.69, 9.17) is 0 Å². The van der Waals surface area contributed by atoms with Gasteiger partial charge in [-0.3, -0.25) is 9.59 Å². The first-order valence-electron chi connectivity index (χ1n) is 16.5. The van der Waals surface area contributed by atoms with E-state index in [9.17, 15) is 30.0 Å². The van der Waals surface area contributed by atoms with Crippen molar-refractivity contribution in [3.63, 3.8) is 0 Å². The molecule has 0 fully saturated rings. The van der Waals surface area contributed by atoms with E-state index >= 15 is 0 Å². The molecule has 0 aliphatic carbocycles. The summed E-state index contributed by atoms with van der Waals surface area (Å²) in [4.78, 5) is 25.3. The van der Waals surface area contributed by atoms with Crippen LogP contribution in [0.5, 0.6) is 0 Å². The fourth-order valence-electron chi connectivity index (χ4n) is 5.12. The van der Waals surface area contributed by atoms with Crippen molar-refractivity contribution in [2.24, 2.45) is 17.3 Å². The number of hydrogen-bond acceptors (Lipinski definition) is 6. The van der Waals surface area contributed by atoms with Crippen LogP contribution in [0.25, 0.3) is 12.2 Å². The minimum absolute atomic E-state index is 0.175. The van der Waals surface area contributed by atoms with Gasteiger partial charge < -0.3 is 31.1 Å². The topological polar surface area (TPSA) is 139 Å². The van der Waals surface area contributed by atoms with E-state index in [1.54, 1.807) is 48.5 Å². The summed E-state index contributed by atoms with van der Waals surface area (Å²) in [5.74, 6) is -0.350. The largest absolute Gasteiger partial charge is 0.511 e. The van der Waals surface area contributed by atoms with Crippen molar-refractivity contribution in [1.82, 2.24) is 10.6 Å². The van der Waals surface area contributed by atoms with Crippen LogP contribution in [0.15, 0.2) is 60.0 Å². The summed E-state index contributed by atoms with van der Waals surface area (Å²) >= 11 is 0. The predicted molar refractivity (Wildman–Crippen MR) is 182 cm³/mol. The van der Waals surface area contributed by atoms with Gasteiger partial charge in [0.05, 0.1) is 13.2 Å². The highest BCUT2D eigenvalue weighted by Gasteiger charge is 2.38. The SMILES string of the molecule is CCCCC(CC)CNC(=O)c1ccc(C=C(O)C(CO)(CO)C(O)=Cc2ccc(C(=O)NCC(CC)CCCC)cc2)cc1. The van der Waals surface area contributed by atoms with Crippen molar-refractivity contribution in [2.45, 2.75) is 79.1 Å². The van der Waals surface area contributed by atoms with Gasteiger partial charge in [0.1, 0.15) is 16.9 Å². The molecule has 0 aliphatic heterocycles. The summed E-state index contributed by atoms with van der Waals surface area (Å²) < 4.78 is 0. The van der Waals surface area contributed by atoms with Gasteiger partial charge in [-0.25, -0.2) is 0 Å². The van der Waals surface area contributed by atoms with Crippen LogP contribution in [0.1, 0.15) is 111 Å². The first-order chi connectivity index (χ1) is 21.7. The molecule has 45 heavy (non-hydrogen) atoms. The molecule has 2 aromatic rings. The molecule has 2 atom stereocenters. The number of carbonyl (C=O) groups is 2. The molecular weight excluding hydrogens is 568 g/mol. The second-order valence-corrected chi connectivity index (χ2v) is 12.0. The Hall–Kier alpha value is -3.62. The lowest BCUT2D eigenvalue weighted by molar-refractivity contribution is 0.0487. The molecule has 0 spiro atoms. The number of benzene rings is 2. The fourth-order valence-corrected chi connectivity index (χ4v) is 5.12. The third-order valence-electron chi connectivity index (χ3n) is 8.66. The number of unbranched alkanes of at least 4 members (excludes halogenated alkanes) is 2. The van der Waals surface area contributed by atoms with Gasteiger partial charge in [-0.2, -0.15) is 0 Å². The summed E-state index contributed by atoms with van der Waals surface area (Å²) in [5.41, 5.74) is 0.150. The molecule has 2 aromatic carbocycles. The smallest absolute Gasteiger partial charge is 0.251 e. The minimum Gasteiger partial charge on any atom is -0.511 e. The van der Waals surface area contributed by atoms with Gasteiger partial charge in [-0.1, -0.05) is 90.5 Å². The molecule has 2 unspecified atom stereocenters. The molecule has 0 saturated heterocycles. The number of aliphatic hydroxyl groups excluding tert-OH is 4. The van der Waals surface area contributed by atoms with Gasteiger partial charge in [0, 0.05) is 24.2 Å². The van der Waals surface area contributed by atoms with Crippen molar-refractivity contribution in [3.05, 3.63) is 82.3 Å². The number of hydrogen-bond donors (Lipinski definition) is 6. The van der Waals surface area contributed by atoms with Gasteiger partial charge >= 0.3 is 0 Å². The Morgan fingerprint density at radius 1 is 0.667 bits per heavy atom. The van der Waals surface area contributed by atoms with Gasteiger partial charge in [-0.05, 0) is 72.2 Å². The number of carbonyl (C=O) groups excluding carboxylic acids is 2. The van der Waals surface area contributed by atoms with Crippen molar-refractivity contribution >= 4 is 24.0 Å². The van der Waals surface area contributed by atoms with E-state index in [1.807, 2.05) is 0 Å². The molecule has 0 bridgehead atoms. The van der Waals surface area contributed by atoms with E-state index in [2.05, 4.69) is 38.3 Å². The molecule has 0 heterocycles. The highest BCUT2D eigenvalue weighted by Crippen LogP contribution is 2.34. The molecule has 0 saturated carbocycles. The number of aliphatic hydroxyl groups is 4. The zero-order valence-electron chi connectivity index (χ0n) is 27.5. The van der Waals surface area contributed by atoms with E-state index in [-0.39, 0.29) is 11.8 Å². The highest BCUT2D eigenvalue weighted by atomic mass is 16.3. The lowest BCUT2D eigenvalue weighted by atomic mass is 9.83. The maximum absolute atomic E-state index is 12.6. The van der Waals surface area contributed by atoms with Crippen LogP contribution < -0.4 is 10.6 Å². The van der Waals surface area contributed by atoms with Crippen molar-refractivity contribution in [3.8, 4) is 0 Å². The summed E-state index contributed by atoms with van der Waals surface area (Å²) in [6.45, 7) is 8.27. The number of rotatable bonds is 20. The van der Waals surface area contributed by atoms with Crippen LogP contribution in [-0.2, 0) is 0 Å². The molecule has 0 aliphatic rings. The van der Waals surface area contributed by atoms with Crippen LogP contribution in [0.3, 0.4) is 0 Å². The van der Waals surface area contributed by atoms with Crippen LogP contribution in [0, 0.1) is 17.3 Å². The molecule has 2 amide bonds. The van der Waals surface area contributed by atoms with Crippen LogP contribution in [0.2, 0.25) is 0 Å². The quantitative estimate of drug-likeness (QED) is 0.0875. The van der Waals surface area contributed by atoms with Gasteiger partial charge in [0.15, 0.2) is 0 Å². The van der Waals surface area contributed by atoms with E-state index in [0.29, 0.717) is 47.2 Å². The highest BCUT2D eigenvalue weighted by molar-refractivity contribution is 5.95. The van der Waals surface area contributed by atoms with Gasteiger partial charge in [0.25, 0.3) is 11.8 Å². The molecule has 2 rings (SSSR count). The molecule has 6 N–H and O–H groups in total. The van der Waals surface area contributed by atoms with Crippen molar-refractivity contribution in [2.75, 3.05) is 26.3 Å². The minimum atomic E-state index is -1.85. The molecule has 8 heteroatoms. The lowest BCUT2D eigenvalue weighted by Crippen LogP contribution is -2.34. The van der Waals surface area contributed by atoms with Crippen molar-refractivity contribution in [1.29, 1.82) is 0 Å². The van der Waals surface area contributed by atoms with Crippen LogP contribution in [0.4, 0.5) is 0 Å². The Kier molecular flexibility index (Phi) is 16.4. The van der Waals surface area contributed by atoms with Gasteiger partial charge in [-0.15, -0.1) is 0 Å². The monoisotopic (exact) mass is 622 g/mol. The first kappa shape index (κ1) is 37.6. The van der Waals surface area contributed by atoms with Gasteiger partial charge in [0.2, 0.25) is 0 Å². The van der Waals surface area contributed by atoms with Crippen LogP contribution in [-0.4, -0.2) is 58.5 Å². The Balaban J connectivity index is 2.12. The fraction of sp³-hybridized carbons (Fsp3) is 0.514. The van der Waals surface area contributed by atoms with E-state index in [0.717, 1.165) is 51.4 Å². The average Bonchev–Trinajstić information content (AvgIpc) is 3.06. The zero-order valence-corrected chi connectivity index (χ0v) is 27.5. The summed E-state index contributed by atoms with van der Waals surface area (Å²) in [5, 5.41) is 48.4. The summed E-state index contributed by atoms with van der Waals surface area (Å²) in [6, 6.07) is 13.2. The second kappa shape index (κ2) is 19.7. The molecule has 0 aromatic heterocycles. The van der Waals surface area contributed by atoms with Crippen LogP contribution >= 0.6 is 0 Å². The third-order valence-corrected chi connectivity index (χ3v) is 8.66. The Labute approximate surface area is 269 Å². The standard InChI is InChI=1S/C37H54N2O6/c1-5-9-11-27(7-3)23-38-35(44)31-17-13-29(14-18-31)21-33(42)37(25-40,26-41)34(43)22-30-15-19-32(20-16-30)36(45)39-24-28(8-4)12-10-6-2/h13-22,27-28,40-43H,5-12,23-26H2,1-4H3,(H,38,44)(H,39,45). The lowest BCUT2D eigenvalue weighted by Gasteiger charge is -2.28. The third kappa shape index (κ3) is 11.4. The predicted octanol–water partition coefficient (Wildman–Crippen LogP) is 7.05. The summed E-state index contributed by atoms with van der Waals surface area (Å²) in [7, 11) is 0. The number of amides is 2. The van der Waals surface area contributed by atoms with Crippen molar-refractivity contribution < 1.29 is 30.0 Å².